The van der Waals surface area contributed by atoms with Crippen molar-refractivity contribution in [2.24, 2.45) is 0 Å². The molecule has 0 saturated heterocycles. The predicted molar refractivity (Wildman–Crippen MR) is 306 cm³/mol. The van der Waals surface area contributed by atoms with E-state index in [9.17, 15) is 19.5 Å². The van der Waals surface area contributed by atoms with E-state index >= 15 is 0 Å². The molecule has 9 heteroatoms. The summed E-state index contributed by atoms with van der Waals surface area (Å²) < 4.78 is 22.7. The number of nitrogens with zero attached hydrogens (tertiary/aromatic N) is 1. The quantitative estimate of drug-likeness (QED) is 0.0195. The molecule has 2 unspecified atom stereocenters. The molecule has 0 aromatic carbocycles. The Morgan fingerprint density at radius 2 is 0.781 bits per heavy atom. The average Bonchev–Trinajstić information content (AvgIpc) is 3.36. The highest BCUT2D eigenvalue weighted by atomic mass is 16.7. The highest BCUT2D eigenvalue weighted by Crippen LogP contribution is 2.16. The maximum atomic E-state index is 12.9. The number of hydrogen-bond donors (Lipinski definition) is 0. The number of ether oxygens (including phenoxy) is 4. The van der Waals surface area contributed by atoms with Gasteiger partial charge < -0.3 is 33.3 Å². The number of carboxylic acid groups (broad SMARTS) is 1. The monoisotopic (exact) mass is 1020 g/mol. The molecule has 0 spiro atoms. The Morgan fingerprint density at radius 3 is 1.16 bits per heavy atom. The van der Waals surface area contributed by atoms with Gasteiger partial charge in [0.05, 0.1) is 40.3 Å². The summed E-state index contributed by atoms with van der Waals surface area (Å²) in [5, 5.41) is 11.8. The van der Waals surface area contributed by atoms with Gasteiger partial charge in [-0.05, 0) is 89.9 Å². The summed E-state index contributed by atoms with van der Waals surface area (Å²) in [6.45, 7) is 4.62. The van der Waals surface area contributed by atoms with Gasteiger partial charge in [-0.15, -0.1) is 0 Å². The predicted octanol–water partition coefficient (Wildman–Crippen LogP) is 16.2. The van der Waals surface area contributed by atoms with Crippen LogP contribution in [0.4, 0.5) is 0 Å². The Labute approximate surface area is 449 Å². The van der Waals surface area contributed by atoms with Gasteiger partial charge in [0, 0.05) is 12.8 Å². The first kappa shape index (κ1) is 69.5. The van der Waals surface area contributed by atoms with Gasteiger partial charge in [0.15, 0.2) is 12.4 Å². The van der Waals surface area contributed by atoms with Crippen LogP contribution in [0.1, 0.15) is 245 Å². The van der Waals surface area contributed by atoms with Gasteiger partial charge >= 0.3 is 11.9 Å². The number of hydrogen-bond acceptors (Lipinski definition) is 8. The molecule has 420 valence electrons. The molecule has 0 amide bonds. The second-order valence-corrected chi connectivity index (χ2v) is 20.9. The third-order valence-corrected chi connectivity index (χ3v) is 12.6. The molecule has 0 heterocycles. The first-order valence-electron chi connectivity index (χ1n) is 29.7. The first-order valence-corrected chi connectivity index (χ1v) is 29.7. The Bertz CT molecular complexity index is 1470. The van der Waals surface area contributed by atoms with Gasteiger partial charge in [-0.2, -0.15) is 0 Å². The number of quaternary nitrogens is 1. The number of aliphatic carboxylic acids is 1. The van der Waals surface area contributed by atoms with Crippen LogP contribution in [0.5, 0.6) is 0 Å². The number of carboxylic acids is 1. The molecule has 0 aliphatic heterocycles. The lowest BCUT2D eigenvalue weighted by Crippen LogP contribution is -2.44. The fraction of sp³-hybridized carbons (Fsp3) is 0.734. The minimum atomic E-state index is -1.63. The molecule has 0 saturated carbocycles. The lowest BCUT2D eigenvalue weighted by atomic mass is 10.0. The largest absolute Gasteiger partial charge is 0.545 e. The topological polar surface area (TPSA) is 111 Å². The minimum Gasteiger partial charge on any atom is -0.545 e. The number of carbonyl (C=O) groups excluding carboxylic acids is 3. The number of rotatable bonds is 54. The van der Waals surface area contributed by atoms with Crippen LogP contribution in [0.25, 0.3) is 0 Å². The summed E-state index contributed by atoms with van der Waals surface area (Å²) in [7, 11) is 5.92. The van der Waals surface area contributed by atoms with Crippen LogP contribution in [0.3, 0.4) is 0 Å². The van der Waals surface area contributed by atoms with Gasteiger partial charge in [0.1, 0.15) is 13.2 Å². The molecule has 9 nitrogen and oxygen atoms in total. The molecule has 0 bridgehead atoms. The van der Waals surface area contributed by atoms with Crippen molar-refractivity contribution in [2.45, 2.75) is 257 Å². The molecular formula is C64H111NO8. The molecule has 0 aromatic heterocycles. The second-order valence-electron chi connectivity index (χ2n) is 20.9. The average molecular weight is 1020 g/mol. The van der Waals surface area contributed by atoms with Crippen molar-refractivity contribution in [3.63, 3.8) is 0 Å². The van der Waals surface area contributed by atoms with Crippen molar-refractivity contribution >= 4 is 17.9 Å². The van der Waals surface area contributed by atoms with Gasteiger partial charge in [0.25, 0.3) is 0 Å². The van der Waals surface area contributed by atoms with Gasteiger partial charge in [0.2, 0.25) is 0 Å². The lowest BCUT2D eigenvalue weighted by Gasteiger charge is -2.26. The summed E-state index contributed by atoms with van der Waals surface area (Å²) >= 11 is 0. The zero-order chi connectivity index (χ0) is 53.4. The Balaban J connectivity index is 4.25. The zero-order valence-corrected chi connectivity index (χ0v) is 47.7. The molecule has 0 fully saturated rings. The molecule has 0 rings (SSSR count). The van der Waals surface area contributed by atoms with E-state index in [1.807, 2.05) is 21.1 Å². The number of allylic oxidation sites excluding steroid dienone is 14. The van der Waals surface area contributed by atoms with Crippen LogP contribution < -0.4 is 5.11 Å². The first-order chi connectivity index (χ1) is 35.6. The van der Waals surface area contributed by atoms with E-state index in [-0.39, 0.29) is 38.6 Å². The summed E-state index contributed by atoms with van der Waals surface area (Å²) in [5.41, 5.74) is 0. The standard InChI is InChI=1S/C64H111NO8/c1-6-8-10-12-14-16-18-20-22-24-26-28-29-30-31-32-33-35-37-39-41-43-45-47-49-51-53-55-62(67)73-60(59-72-64(63(68)69)70-57-56-65(3,4)5)58-71-61(66)54-52-50-48-46-44-42-40-38-36-34-27-25-23-21-19-17-15-13-11-9-7-2/h8,10,14,16,19-22,25-28,36,38,60,64H,6-7,9,11-13,15,17-18,23-24,29-35,37,39-59H2,1-5H3/b10-8-,16-14-,21-19-,22-20-,27-25-,28-26-,38-36-. The van der Waals surface area contributed by atoms with E-state index in [1.165, 1.54) is 122 Å². The third-order valence-electron chi connectivity index (χ3n) is 12.6. The Morgan fingerprint density at radius 1 is 0.425 bits per heavy atom. The fourth-order valence-corrected chi connectivity index (χ4v) is 8.06. The maximum Gasteiger partial charge on any atom is 0.306 e. The van der Waals surface area contributed by atoms with Crippen molar-refractivity contribution in [1.29, 1.82) is 0 Å². The molecule has 73 heavy (non-hydrogen) atoms. The highest BCUT2D eigenvalue weighted by molar-refractivity contribution is 5.70. The SMILES string of the molecule is CC/C=C\C/C=C\C/C=C\C/C=C\CCCCCCCCCCCCCCCCC(=O)OC(COC(=O)CCCCCCCC/C=C\C/C=C\C/C=C\CCCCCCC)COC(OCC[N+](C)(C)C)C(=O)[O-]. The summed E-state index contributed by atoms with van der Waals surface area (Å²) in [6.07, 6.45) is 69.1. The number of carbonyl (C=O) groups is 3. The van der Waals surface area contributed by atoms with Crippen LogP contribution in [0.15, 0.2) is 85.1 Å². The van der Waals surface area contributed by atoms with E-state index in [2.05, 4.69) is 98.9 Å². The number of likely N-dealkylation sites (N-methyl/N-ethyl adjacent to an activating group) is 1. The number of unbranched alkanes of at least 4 members (excludes halogenated alkanes) is 25. The number of esters is 2. The minimum absolute atomic E-state index is 0.142. The van der Waals surface area contributed by atoms with Gasteiger partial charge in [-0.3, -0.25) is 9.59 Å². The highest BCUT2D eigenvalue weighted by Gasteiger charge is 2.22. The second kappa shape index (κ2) is 54.7. The Hall–Kier alpha value is -3.53. The summed E-state index contributed by atoms with van der Waals surface area (Å²) in [5.74, 6) is -2.30. The van der Waals surface area contributed by atoms with Gasteiger partial charge in [-0.1, -0.05) is 227 Å². The van der Waals surface area contributed by atoms with Crippen LogP contribution >= 0.6 is 0 Å². The fourth-order valence-electron chi connectivity index (χ4n) is 8.06. The van der Waals surface area contributed by atoms with E-state index in [0.29, 0.717) is 17.4 Å². The van der Waals surface area contributed by atoms with Crippen molar-refractivity contribution in [2.75, 3.05) is 47.5 Å². The van der Waals surface area contributed by atoms with E-state index < -0.39 is 24.3 Å². The third kappa shape index (κ3) is 56.0. The van der Waals surface area contributed by atoms with E-state index in [0.717, 1.165) is 89.9 Å². The van der Waals surface area contributed by atoms with E-state index in [4.69, 9.17) is 18.9 Å². The molecular weight excluding hydrogens is 911 g/mol. The molecule has 0 radical (unpaired) electrons. The Kier molecular flexibility index (Phi) is 52.1. The van der Waals surface area contributed by atoms with Crippen LogP contribution in [-0.2, 0) is 33.3 Å². The maximum absolute atomic E-state index is 12.9. The molecule has 2 atom stereocenters. The smallest absolute Gasteiger partial charge is 0.306 e. The lowest BCUT2D eigenvalue weighted by molar-refractivity contribution is -0.870. The molecule has 0 aliphatic carbocycles. The van der Waals surface area contributed by atoms with Crippen molar-refractivity contribution in [3.8, 4) is 0 Å². The van der Waals surface area contributed by atoms with Gasteiger partial charge in [-0.25, -0.2) is 0 Å². The van der Waals surface area contributed by atoms with Crippen molar-refractivity contribution < 1.29 is 42.9 Å². The molecule has 0 aromatic rings. The van der Waals surface area contributed by atoms with Crippen molar-refractivity contribution in [3.05, 3.63) is 85.1 Å². The summed E-state index contributed by atoms with van der Waals surface area (Å²) in [6, 6.07) is 0. The zero-order valence-electron chi connectivity index (χ0n) is 47.7. The normalized spacial score (nSPS) is 13.4. The molecule has 0 aliphatic rings. The van der Waals surface area contributed by atoms with Crippen LogP contribution in [0.2, 0.25) is 0 Å². The summed E-state index contributed by atoms with van der Waals surface area (Å²) in [4.78, 5) is 37.3. The molecule has 0 N–H and O–H groups in total. The van der Waals surface area contributed by atoms with Crippen molar-refractivity contribution in [1.82, 2.24) is 0 Å². The van der Waals surface area contributed by atoms with Crippen LogP contribution in [-0.4, -0.2) is 82.3 Å². The van der Waals surface area contributed by atoms with E-state index in [1.54, 1.807) is 0 Å². The van der Waals surface area contributed by atoms with Crippen LogP contribution in [0, 0.1) is 0 Å².